The van der Waals surface area contributed by atoms with Crippen LogP contribution in [0, 0.1) is 0 Å². The Labute approximate surface area is 115 Å². The van der Waals surface area contributed by atoms with Gasteiger partial charge in [0.2, 0.25) is 5.91 Å². The van der Waals surface area contributed by atoms with Crippen LogP contribution in [0.1, 0.15) is 20.8 Å². The van der Waals surface area contributed by atoms with Crippen LogP contribution in [0.4, 0.5) is 5.69 Å². The van der Waals surface area contributed by atoms with E-state index in [1.54, 1.807) is 18.2 Å². The third-order valence-electron chi connectivity index (χ3n) is 2.36. The fourth-order valence-corrected chi connectivity index (χ4v) is 1.81. The quantitative estimate of drug-likeness (QED) is 0.892. The maximum absolute atomic E-state index is 12.0. The number of anilines is 1. The zero-order valence-corrected chi connectivity index (χ0v) is 12.4. The molecule has 3 nitrogen and oxygen atoms in total. The van der Waals surface area contributed by atoms with Crippen LogP contribution in [0.15, 0.2) is 22.7 Å². The molecule has 0 radical (unpaired) electrons. The Hall–Kier alpha value is -0.580. The minimum Gasteiger partial charge on any atom is -0.324 e. The number of halogens is 2. The Kier molecular flexibility index (Phi) is 4.98. The van der Waals surface area contributed by atoms with Crippen molar-refractivity contribution in [1.29, 1.82) is 0 Å². The lowest BCUT2D eigenvalue weighted by atomic mass is 10.0. The second-order valence-corrected chi connectivity index (χ2v) is 5.50. The van der Waals surface area contributed by atoms with E-state index >= 15 is 0 Å². The van der Waals surface area contributed by atoms with Crippen LogP contribution in [0.2, 0.25) is 5.02 Å². The summed E-state index contributed by atoms with van der Waals surface area (Å²) in [5.41, 5.74) is 0.0862. The van der Waals surface area contributed by atoms with Crippen LogP contribution in [-0.4, -0.2) is 18.0 Å². The molecule has 0 aliphatic carbocycles. The summed E-state index contributed by atoms with van der Waals surface area (Å²) in [6.45, 7) is 6.38. The number of likely N-dealkylation sites (N-methyl/N-ethyl adjacent to an activating group) is 1. The molecule has 2 N–H and O–H groups in total. The molecule has 0 aliphatic rings. The van der Waals surface area contributed by atoms with Gasteiger partial charge in [-0.05, 0) is 54.5 Å². The van der Waals surface area contributed by atoms with Crippen molar-refractivity contribution >= 4 is 39.1 Å². The van der Waals surface area contributed by atoms with E-state index in [0.717, 1.165) is 11.0 Å². The molecular weight excluding hydrogens is 304 g/mol. The van der Waals surface area contributed by atoms with Crippen LogP contribution >= 0.6 is 27.5 Å². The summed E-state index contributed by atoms with van der Waals surface area (Å²) in [4.78, 5) is 12.0. The van der Waals surface area contributed by atoms with Crippen molar-refractivity contribution in [2.45, 2.75) is 26.3 Å². The molecule has 94 valence electrons. The Morgan fingerprint density at radius 2 is 2.12 bits per heavy atom. The zero-order valence-electron chi connectivity index (χ0n) is 10.1. The van der Waals surface area contributed by atoms with Crippen molar-refractivity contribution < 1.29 is 4.79 Å². The van der Waals surface area contributed by atoms with Gasteiger partial charge >= 0.3 is 0 Å². The largest absolute Gasteiger partial charge is 0.324 e. The molecule has 1 rings (SSSR count). The highest BCUT2D eigenvalue weighted by molar-refractivity contribution is 9.10. The Morgan fingerprint density at radius 1 is 1.47 bits per heavy atom. The maximum Gasteiger partial charge on any atom is 0.244 e. The number of carbonyl (C=O) groups excluding carboxylic acids is 1. The molecule has 0 fully saturated rings. The first-order valence-corrected chi connectivity index (χ1v) is 6.55. The van der Waals surface area contributed by atoms with Gasteiger partial charge < -0.3 is 10.6 Å². The Morgan fingerprint density at radius 3 is 2.65 bits per heavy atom. The predicted molar refractivity (Wildman–Crippen MR) is 75.5 cm³/mol. The van der Waals surface area contributed by atoms with Crippen molar-refractivity contribution in [2.24, 2.45) is 0 Å². The summed E-state index contributed by atoms with van der Waals surface area (Å²) < 4.78 is 0.808. The van der Waals surface area contributed by atoms with Crippen LogP contribution in [0.3, 0.4) is 0 Å². The highest BCUT2D eigenvalue weighted by Gasteiger charge is 2.26. The standard InChI is InChI=1S/C12H16BrClN2O/c1-4-15-12(2,3)11(17)16-8-5-6-9(13)10(14)7-8/h5-7,15H,4H2,1-3H3,(H,16,17). The summed E-state index contributed by atoms with van der Waals surface area (Å²) >= 11 is 9.26. The van der Waals surface area contributed by atoms with Gasteiger partial charge in [0.25, 0.3) is 0 Å². The van der Waals surface area contributed by atoms with Crippen molar-refractivity contribution in [3.63, 3.8) is 0 Å². The maximum atomic E-state index is 12.0. The van der Waals surface area contributed by atoms with Gasteiger partial charge in [0.1, 0.15) is 0 Å². The number of benzene rings is 1. The molecule has 0 aliphatic heterocycles. The molecule has 0 heterocycles. The molecule has 0 bridgehead atoms. The summed E-state index contributed by atoms with van der Waals surface area (Å²) in [6, 6.07) is 5.32. The number of carbonyl (C=O) groups is 1. The van der Waals surface area contributed by atoms with Gasteiger partial charge in [-0.2, -0.15) is 0 Å². The van der Waals surface area contributed by atoms with E-state index < -0.39 is 5.54 Å². The topological polar surface area (TPSA) is 41.1 Å². The summed E-state index contributed by atoms with van der Waals surface area (Å²) in [5.74, 6) is -0.0854. The van der Waals surface area contributed by atoms with Crippen molar-refractivity contribution in [2.75, 3.05) is 11.9 Å². The van der Waals surface area contributed by atoms with E-state index in [4.69, 9.17) is 11.6 Å². The molecule has 0 aromatic heterocycles. The lowest BCUT2D eigenvalue weighted by molar-refractivity contribution is -0.121. The number of rotatable bonds is 4. The van der Waals surface area contributed by atoms with Gasteiger partial charge in [0.15, 0.2) is 0 Å². The van der Waals surface area contributed by atoms with Gasteiger partial charge in [-0.25, -0.2) is 0 Å². The molecule has 1 aromatic carbocycles. The van der Waals surface area contributed by atoms with Gasteiger partial charge in [0, 0.05) is 10.2 Å². The molecule has 5 heteroatoms. The SMILES string of the molecule is CCNC(C)(C)C(=O)Nc1ccc(Br)c(Cl)c1. The van der Waals surface area contributed by atoms with Crippen LogP contribution in [-0.2, 0) is 4.79 Å². The van der Waals surface area contributed by atoms with E-state index in [-0.39, 0.29) is 5.91 Å². The first-order valence-electron chi connectivity index (χ1n) is 5.38. The van der Waals surface area contributed by atoms with E-state index in [9.17, 15) is 4.79 Å². The molecule has 0 unspecified atom stereocenters. The van der Waals surface area contributed by atoms with Crippen molar-refractivity contribution in [3.05, 3.63) is 27.7 Å². The summed E-state index contributed by atoms with van der Waals surface area (Å²) in [5, 5.41) is 6.52. The average molecular weight is 320 g/mol. The number of hydrogen-bond donors (Lipinski definition) is 2. The van der Waals surface area contributed by atoms with Crippen molar-refractivity contribution in [1.82, 2.24) is 5.32 Å². The van der Waals surface area contributed by atoms with Crippen molar-refractivity contribution in [3.8, 4) is 0 Å². The first kappa shape index (κ1) is 14.5. The first-order chi connectivity index (χ1) is 7.86. The Bertz CT molecular complexity index is 421. The van der Waals surface area contributed by atoms with E-state index in [1.165, 1.54) is 0 Å². The number of amides is 1. The molecule has 17 heavy (non-hydrogen) atoms. The van der Waals surface area contributed by atoms with Gasteiger partial charge in [0.05, 0.1) is 10.6 Å². The second kappa shape index (κ2) is 5.85. The minimum absolute atomic E-state index is 0.0854. The third kappa shape index (κ3) is 3.98. The van der Waals surface area contributed by atoms with Gasteiger partial charge in [-0.3, -0.25) is 4.79 Å². The smallest absolute Gasteiger partial charge is 0.244 e. The third-order valence-corrected chi connectivity index (χ3v) is 3.60. The number of nitrogens with one attached hydrogen (secondary N) is 2. The highest BCUT2D eigenvalue weighted by atomic mass is 79.9. The Balaban J connectivity index is 2.77. The lowest BCUT2D eigenvalue weighted by Gasteiger charge is -2.24. The fourth-order valence-electron chi connectivity index (χ4n) is 1.38. The second-order valence-electron chi connectivity index (χ2n) is 4.24. The number of hydrogen-bond acceptors (Lipinski definition) is 2. The molecule has 0 saturated carbocycles. The minimum atomic E-state index is -0.603. The van der Waals surface area contributed by atoms with Crippen LogP contribution < -0.4 is 10.6 Å². The van der Waals surface area contributed by atoms with Gasteiger partial charge in [-0.15, -0.1) is 0 Å². The molecular formula is C12H16BrClN2O. The average Bonchev–Trinajstić information content (AvgIpc) is 2.23. The van der Waals surface area contributed by atoms with Crippen LogP contribution in [0.5, 0.6) is 0 Å². The van der Waals surface area contributed by atoms with Gasteiger partial charge in [-0.1, -0.05) is 18.5 Å². The van der Waals surface area contributed by atoms with E-state index in [2.05, 4.69) is 26.6 Å². The summed E-state index contributed by atoms with van der Waals surface area (Å²) in [6.07, 6.45) is 0. The normalized spacial score (nSPS) is 11.4. The molecule has 0 atom stereocenters. The highest BCUT2D eigenvalue weighted by Crippen LogP contribution is 2.25. The van der Waals surface area contributed by atoms with Crippen LogP contribution in [0.25, 0.3) is 0 Å². The van der Waals surface area contributed by atoms with E-state index in [1.807, 2.05) is 20.8 Å². The monoisotopic (exact) mass is 318 g/mol. The molecule has 0 spiro atoms. The lowest BCUT2D eigenvalue weighted by Crippen LogP contribution is -2.49. The zero-order chi connectivity index (χ0) is 13.1. The predicted octanol–water partition coefficient (Wildman–Crippen LogP) is 3.43. The summed E-state index contributed by atoms with van der Waals surface area (Å²) in [7, 11) is 0. The fraction of sp³-hybridized carbons (Fsp3) is 0.417. The molecule has 0 saturated heterocycles. The molecule has 1 aromatic rings. The van der Waals surface area contributed by atoms with E-state index in [0.29, 0.717) is 10.7 Å². The molecule has 1 amide bonds.